The molecule has 0 heterocycles. The van der Waals surface area contributed by atoms with Crippen LogP contribution in [-0.4, -0.2) is 16.8 Å². The second kappa shape index (κ2) is 6.67. The average molecular weight is 327 g/mol. The highest BCUT2D eigenvalue weighted by molar-refractivity contribution is 6.35. The normalized spacial score (nSPS) is 13.8. The van der Waals surface area contributed by atoms with Crippen LogP contribution in [0.2, 0.25) is 10.0 Å². The summed E-state index contributed by atoms with van der Waals surface area (Å²) in [6.45, 7) is 1.58. The third kappa shape index (κ3) is 4.11. The third-order valence-corrected chi connectivity index (χ3v) is 3.73. The van der Waals surface area contributed by atoms with Crippen LogP contribution in [0.4, 0.5) is 0 Å². The Hall–Kier alpha value is -1.26. The first-order valence-electron chi connectivity index (χ1n) is 6.49. The van der Waals surface area contributed by atoms with Gasteiger partial charge in [-0.1, -0.05) is 35.3 Å². The Labute approximate surface area is 133 Å². The molecule has 0 aliphatic rings. The predicted molar refractivity (Wildman–Crippen MR) is 84.3 cm³/mol. The second-order valence-corrected chi connectivity index (χ2v) is 5.79. The lowest BCUT2D eigenvalue weighted by Gasteiger charge is -2.23. The summed E-state index contributed by atoms with van der Waals surface area (Å²) in [5, 5.41) is 20.1. The summed E-state index contributed by atoms with van der Waals surface area (Å²) in [6, 6.07) is 12.0. The maximum absolute atomic E-state index is 10.2. The van der Waals surface area contributed by atoms with Crippen LogP contribution in [0.3, 0.4) is 0 Å². The molecule has 2 aromatic carbocycles. The van der Waals surface area contributed by atoms with Crippen LogP contribution < -0.4 is 4.74 Å². The standard InChI is InChI=1S/C16H16Cl2O3/c1-16(20,8-9-19)11-2-5-13(6-3-11)21-15-7-4-12(17)10-14(15)18/h2-7,10,19-20H,8-9H2,1H3. The van der Waals surface area contributed by atoms with E-state index in [0.29, 0.717) is 27.1 Å². The molecule has 2 rings (SSSR count). The molecule has 1 unspecified atom stereocenters. The molecule has 0 aliphatic heterocycles. The van der Waals surface area contributed by atoms with Gasteiger partial charge >= 0.3 is 0 Å². The molecule has 0 amide bonds. The summed E-state index contributed by atoms with van der Waals surface area (Å²) in [4.78, 5) is 0. The molecule has 0 saturated heterocycles. The maximum atomic E-state index is 10.2. The number of ether oxygens (including phenoxy) is 1. The monoisotopic (exact) mass is 326 g/mol. The number of aliphatic hydroxyl groups excluding tert-OH is 1. The van der Waals surface area contributed by atoms with Crippen LogP contribution in [0, 0.1) is 0 Å². The summed E-state index contributed by atoms with van der Waals surface area (Å²) in [5.74, 6) is 1.11. The van der Waals surface area contributed by atoms with Crippen molar-refractivity contribution in [1.82, 2.24) is 0 Å². The zero-order valence-electron chi connectivity index (χ0n) is 11.5. The molecule has 0 radical (unpaired) electrons. The Kier molecular flexibility index (Phi) is 5.12. The minimum absolute atomic E-state index is 0.0777. The molecular formula is C16H16Cl2O3. The van der Waals surface area contributed by atoms with Crippen LogP contribution in [0.5, 0.6) is 11.5 Å². The van der Waals surface area contributed by atoms with Gasteiger partial charge in [0.25, 0.3) is 0 Å². The van der Waals surface area contributed by atoms with E-state index in [-0.39, 0.29) is 13.0 Å². The van der Waals surface area contributed by atoms with Crippen LogP contribution in [0.15, 0.2) is 42.5 Å². The highest BCUT2D eigenvalue weighted by atomic mass is 35.5. The summed E-state index contributed by atoms with van der Waals surface area (Å²) in [6.07, 6.45) is 0.274. The van der Waals surface area contributed by atoms with Crippen molar-refractivity contribution in [2.45, 2.75) is 18.9 Å². The van der Waals surface area contributed by atoms with E-state index in [0.717, 1.165) is 0 Å². The van der Waals surface area contributed by atoms with Crippen molar-refractivity contribution >= 4 is 23.2 Å². The molecule has 0 saturated carbocycles. The first-order valence-corrected chi connectivity index (χ1v) is 7.24. The van der Waals surface area contributed by atoms with E-state index in [1.54, 1.807) is 49.4 Å². The molecule has 1 atom stereocenters. The quantitative estimate of drug-likeness (QED) is 0.857. The molecular weight excluding hydrogens is 311 g/mol. The van der Waals surface area contributed by atoms with Gasteiger partial charge in [0.05, 0.1) is 10.6 Å². The topological polar surface area (TPSA) is 49.7 Å². The van der Waals surface area contributed by atoms with E-state index in [1.165, 1.54) is 0 Å². The molecule has 2 aromatic rings. The fourth-order valence-corrected chi connectivity index (χ4v) is 2.38. The molecule has 3 nitrogen and oxygen atoms in total. The lowest BCUT2D eigenvalue weighted by molar-refractivity contribution is 0.0299. The van der Waals surface area contributed by atoms with Crippen LogP contribution >= 0.6 is 23.2 Å². The zero-order chi connectivity index (χ0) is 15.5. The van der Waals surface area contributed by atoms with E-state index in [9.17, 15) is 5.11 Å². The van der Waals surface area contributed by atoms with Crippen molar-refractivity contribution in [1.29, 1.82) is 0 Å². The van der Waals surface area contributed by atoms with Crippen molar-refractivity contribution in [3.63, 3.8) is 0 Å². The number of hydrogen-bond acceptors (Lipinski definition) is 3. The van der Waals surface area contributed by atoms with Gasteiger partial charge in [0.15, 0.2) is 0 Å². The van der Waals surface area contributed by atoms with Crippen molar-refractivity contribution in [3.8, 4) is 11.5 Å². The van der Waals surface area contributed by atoms with E-state index in [1.807, 2.05) is 0 Å². The van der Waals surface area contributed by atoms with Crippen LogP contribution in [0.1, 0.15) is 18.9 Å². The smallest absolute Gasteiger partial charge is 0.146 e. The summed E-state index contributed by atoms with van der Waals surface area (Å²) in [7, 11) is 0. The zero-order valence-corrected chi connectivity index (χ0v) is 13.0. The van der Waals surface area contributed by atoms with Gasteiger partial charge in [-0.15, -0.1) is 0 Å². The summed E-state index contributed by atoms with van der Waals surface area (Å²) < 4.78 is 5.67. The number of aliphatic hydroxyl groups is 2. The molecule has 0 aliphatic carbocycles. The van der Waals surface area contributed by atoms with Gasteiger partial charge in [-0.2, -0.15) is 0 Å². The van der Waals surface area contributed by atoms with Gasteiger partial charge in [0.2, 0.25) is 0 Å². The van der Waals surface area contributed by atoms with Crippen molar-refractivity contribution in [3.05, 3.63) is 58.1 Å². The van der Waals surface area contributed by atoms with Crippen molar-refractivity contribution in [2.75, 3.05) is 6.61 Å². The van der Waals surface area contributed by atoms with Gasteiger partial charge in [-0.25, -0.2) is 0 Å². The molecule has 0 fully saturated rings. The van der Waals surface area contributed by atoms with E-state index in [4.69, 9.17) is 33.0 Å². The predicted octanol–water partition coefficient (Wildman–Crippen LogP) is 4.38. The van der Waals surface area contributed by atoms with E-state index < -0.39 is 5.60 Å². The lowest BCUT2D eigenvalue weighted by Crippen LogP contribution is -2.22. The Morgan fingerprint density at radius 3 is 2.33 bits per heavy atom. The van der Waals surface area contributed by atoms with E-state index >= 15 is 0 Å². The fraction of sp³-hybridized carbons (Fsp3) is 0.250. The first-order chi connectivity index (χ1) is 9.92. The molecule has 0 bridgehead atoms. The fourth-order valence-electron chi connectivity index (χ4n) is 1.93. The minimum Gasteiger partial charge on any atom is -0.456 e. The number of rotatable bonds is 5. The van der Waals surface area contributed by atoms with Gasteiger partial charge in [-0.05, 0) is 42.8 Å². The minimum atomic E-state index is -1.06. The van der Waals surface area contributed by atoms with Gasteiger partial charge < -0.3 is 14.9 Å². The SMILES string of the molecule is CC(O)(CCO)c1ccc(Oc2ccc(Cl)cc2Cl)cc1. The average Bonchev–Trinajstić information content (AvgIpc) is 2.42. The largest absolute Gasteiger partial charge is 0.456 e. The Morgan fingerprint density at radius 2 is 1.76 bits per heavy atom. The Balaban J connectivity index is 2.16. The lowest BCUT2D eigenvalue weighted by atomic mass is 9.93. The molecule has 0 spiro atoms. The Bertz CT molecular complexity index is 609. The number of halogens is 2. The first kappa shape index (κ1) is 16.1. The van der Waals surface area contributed by atoms with E-state index in [2.05, 4.69) is 0 Å². The van der Waals surface area contributed by atoms with Gasteiger partial charge in [0.1, 0.15) is 11.5 Å². The molecule has 0 aromatic heterocycles. The third-order valence-electron chi connectivity index (χ3n) is 3.20. The maximum Gasteiger partial charge on any atom is 0.146 e. The van der Waals surface area contributed by atoms with Crippen LogP contribution in [0.25, 0.3) is 0 Å². The molecule has 21 heavy (non-hydrogen) atoms. The Morgan fingerprint density at radius 1 is 1.10 bits per heavy atom. The number of hydrogen-bond donors (Lipinski definition) is 2. The molecule has 5 heteroatoms. The van der Waals surface area contributed by atoms with Crippen molar-refractivity contribution in [2.24, 2.45) is 0 Å². The van der Waals surface area contributed by atoms with Crippen molar-refractivity contribution < 1.29 is 14.9 Å². The second-order valence-electron chi connectivity index (χ2n) is 4.95. The van der Waals surface area contributed by atoms with Gasteiger partial charge in [0, 0.05) is 18.1 Å². The molecule has 2 N–H and O–H groups in total. The summed E-state index contributed by atoms with van der Waals surface area (Å²) >= 11 is 11.9. The highest BCUT2D eigenvalue weighted by Gasteiger charge is 2.22. The highest BCUT2D eigenvalue weighted by Crippen LogP contribution is 2.32. The summed E-state index contributed by atoms with van der Waals surface area (Å²) in [5.41, 5.74) is -0.350. The van der Waals surface area contributed by atoms with Gasteiger partial charge in [-0.3, -0.25) is 0 Å². The number of benzene rings is 2. The molecule has 112 valence electrons. The van der Waals surface area contributed by atoms with Crippen LogP contribution in [-0.2, 0) is 5.60 Å².